The van der Waals surface area contributed by atoms with Crippen molar-refractivity contribution < 1.29 is 13.9 Å². The van der Waals surface area contributed by atoms with Gasteiger partial charge in [-0.2, -0.15) is 5.10 Å². The Bertz CT molecular complexity index is 875. The summed E-state index contributed by atoms with van der Waals surface area (Å²) >= 11 is 0. The van der Waals surface area contributed by atoms with Gasteiger partial charge in [-0.3, -0.25) is 5.10 Å². The number of rotatable bonds is 4. The Labute approximate surface area is 131 Å². The highest BCUT2D eigenvalue weighted by Gasteiger charge is 2.31. The van der Waals surface area contributed by atoms with Crippen molar-refractivity contribution in [2.75, 3.05) is 6.61 Å². The van der Waals surface area contributed by atoms with Gasteiger partial charge in [0.25, 0.3) is 0 Å². The maximum Gasteiger partial charge on any atom is 0.355 e. The van der Waals surface area contributed by atoms with Crippen LogP contribution in [0.5, 0.6) is 0 Å². The number of aromatic nitrogens is 3. The van der Waals surface area contributed by atoms with Crippen LogP contribution in [0.3, 0.4) is 0 Å². The van der Waals surface area contributed by atoms with Crippen molar-refractivity contribution in [1.82, 2.24) is 15.2 Å². The smallest absolute Gasteiger partial charge is 0.355 e. The van der Waals surface area contributed by atoms with Crippen LogP contribution < -0.4 is 0 Å². The highest BCUT2D eigenvalue weighted by Crippen LogP contribution is 2.43. The molecule has 118 valence electrons. The van der Waals surface area contributed by atoms with Crippen LogP contribution >= 0.6 is 0 Å². The Kier molecular flexibility index (Phi) is 3.18. The monoisotopic (exact) mass is 313 g/mol. The van der Waals surface area contributed by atoms with Gasteiger partial charge in [0.05, 0.1) is 17.8 Å². The summed E-state index contributed by atoms with van der Waals surface area (Å²) < 4.78 is 18.4. The summed E-state index contributed by atoms with van der Waals surface area (Å²) in [5.41, 5.74) is 4.32. The molecule has 23 heavy (non-hydrogen) atoms. The summed E-state index contributed by atoms with van der Waals surface area (Å²) in [6.07, 6.45) is 2.24. The minimum absolute atomic E-state index is 0.292. The first kappa shape index (κ1) is 14.0. The minimum Gasteiger partial charge on any atom is -0.461 e. The summed E-state index contributed by atoms with van der Waals surface area (Å²) in [6.45, 7) is 2.06. The fourth-order valence-corrected chi connectivity index (χ4v) is 2.89. The number of benzene rings is 1. The lowest BCUT2D eigenvalue weighted by Gasteiger charge is -2.04. The van der Waals surface area contributed by atoms with Crippen LogP contribution in [0.15, 0.2) is 24.3 Å². The molecule has 0 atom stereocenters. The first-order valence-electron chi connectivity index (χ1n) is 7.72. The number of nitrogens with zero attached hydrogens (tertiary/aromatic N) is 1. The maximum absolute atomic E-state index is 13.2. The summed E-state index contributed by atoms with van der Waals surface area (Å²) in [4.78, 5) is 15.5. The lowest BCUT2D eigenvalue weighted by Crippen LogP contribution is -2.06. The molecule has 2 aromatic heterocycles. The van der Waals surface area contributed by atoms with Gasteiger partial charge in [-0.25, -0.2) is 9.18 Å². The average molecular weight is 313 g/mol. The van der Waals surface area contributed by atoms with E-state index in [1.54, 1.807) is 19.1 Å². The van der Waals surface area contributed by atoms with Gasteiger partial charge in [0.2, 0.25) is 0 Å². The summed E-state index contributed by atoms with van der Waals surface area (Å²) in [5, 5.41) is 7.45. The molecule has 5 nitrogen and oxygen atoms in total. The summed E-state index contributed by atoms with van der Waals surface area (Å²) in [5.74, 6) is -0.278. The quantitative estimate of drug-likeness (QED) is 0.721. The molecule has 1 aromatic carbocycles. The van der Waals surface area contributed by atoms with Crippen molar-refractivity contribution in [2.24, 2.45) is 0 Å². The Balaban J connectivity index is 1.92. The number of aromatic amines is 2. The van der Waals surface area contributed by atoms with Gasteiger partial charge in [-0.15, -0.1) is 0 Å². The van der Waals surface area contributed by atoms with E-state index in [2.05, 4.69) is 15.2 Å². The van der Waals surface area contributed by atoms with Crippen LogP contribution in [0.2, 0.25) is 0 Å². The van der Waals surface area contributed by atoms with Gasteiger partial charge in [0.15, 0.2) is 0 Å². The lowest BCUT2D eigenvalue weighted by molar-refractivity contribution is 0.0521. The molecular formula is C17H16FN3O2. The molecule has 1 aliphatic carbocycles. The largest absolute Gasteiger partial charge is 0.461 e. The molecule has 0 spiro atoms. The number of carbonyl (C=O) groups excluding carboxylic acids is 1. The second-order valence-electron chi connectivity index (χ2n) is 5.74. The predicted octanol–water partition coefficient (Wildman–Crippen LogP) is 3.75. The molecule has 0 aliphatic heterocycles. The number of esters is 1. The van der Waals surface area contributed by atoms with E-state index in [0.29, 0.717) is 29.3 Å². The van der Waals surface area contributed by atoms with Crippen molar-refractivity contribution in [2.45, 2.75) is 25.7 Å². The molecule has 0 saturated heterocycles. The molecule has 6 heteroatoms. The van der Waals surface area contributed by atoms with Crippen LogP contribution in [-0.4, -0.2) is 27.8 Å². The zero-order chi connectivity index (χ0) is 16.0. The van der Waals surface area contributed by atoms with E-state index < -0.39 is 5.97 Å². The fourth-order valence-electron chi connectivity index (χ4n) is 2.89. The number of H-pyrrole nitrogens is 2. The predicted molar refractivity (Wildman–Crippen MR) is 83.8 cm³/mol. The molecule has 2 heterocycles. The number of carbonyl (C=O) groups is 1. The van der Waals surface area contributed by atoms with Crippen LogP contribution in [0.25, 0.3) is 22.2 Å². The van der Waals surface area contributed by atoms with Crippen LogP contribution in [-0.2, 0) is 4.74 Å². The molecule has 1 aliphatic rings. The van der Waals surface area contributed by atoms with Crippen molar-refractivity contribution >= 4 is 17.0 Å². The van der Waals surface area contributed by atoms with E-state index in [1.165, 1.54) is 12.1 Å². The van der Waals surface area contributed by atoms with Crippen molar-refractivity contribution in [3.8, 4) is 11.1 Å². The van der Waals surface area contributed by atoms with Crippen LogP contribution in [0, 0.1) is 5.82 Å². The van der Waals surface area contributed by atoms with Gasteiger partial charge < -0.3 is 9.72 Å². The highest BCUT2D eigenvalue weighted by molar-refractivity contribution is 6.07. The molecular weight excluding hydrogens is 297 g/mol. The average Bonchev–Trinajstić information content (AvgIpc) is 3.19. The van der Waals surface area contributed by atoms with E-state index in [-0.39, 0.29) is 5.82 Å². The van der Waals surface area contributed by atoms with Crippen molar-refractivity contribution in [3.05, 3.63) is 41.5 Å². The number of hydrogen-bond acceptors (Lipinski definition) is 3. The first-order chi connectivity index (χ1) is 11.2. The molecule has 0 unspecified atom stereocenters. The Morgan fingerprint density at radius 3 is 2.74 bits per heavy atom. The van der Waals surface area contributed by atoms with Crippen LogP contribution in [0.1, 0.15) is 41.9 Å². The standard InChI is InChI=1S/C17H16FN3O2/c1-2-23-17(22)15-12(9-5-7-11(18)8-6-9)14-16(19-15)13(20-21-14)10-3-4-10/h5-8,10,19H,2-4H2,1H3,(H,20,21). The van der Waals surface area contributed by atoms with E-state index >= 15 is 0 Å². The zero-order valence-electron chi connectivity index (χ0n) is 12.6. The van der Waals surface area contributed by atoms with E-state index in [9.17, 15) is 9.18 Å². The highest BCUT2D eigenvalue weighted by atomic mass is 19.1. The third-order valence-corrected chi connectivity index (χ3v) is 4.13. The Morgan fingerprint density at radius 2 is 2.09 bits per heavy atom. The molecule has 0 amide bonds. The number of nitrogens with one attached hydrogen (secondary N) is 2. The van der Waals surface area contributed by atoms with Gasteiger partial charge in [0, 0.05) is 11.5 Å². The summed E-state index contributed by atoms with van der Waals surface area (Å²) in [7, 11) is 0. The Hall–Kier alpha value is -2.63. The van der Waals surface area contributed by atoms with Gasteiger partial charge in [-0.05, 0) is 37.5 Å². The van der Waals surface area contributed by atoms with Crippen molar-refractivity contribution in [1.29, 1.82) is 0 Å². The first-order valence-corrected chi connectivity index (χ1v) is 7.72. The molecule has 1 fully saturated rings. The normalized spacial score (nSPS) is 14.3. The Morgan fingerprint density at radius 1 is 1.35 bits per heavy atom. The molecule has 4 rings (SSSR count). The maximum atomic E-state index is 13.2. The third-order valence-electron chi connectivity index (χ3n) is 4.13. The third kappa shape index (κ3) is 2.30. The van der Waals surface area contributed by atoms with E-state index in [4.69, 9.17) is 4.74 Å². The second kappa shape index (κ2) is 5.22. The topological polar surface area (TPSA) is 70.8 Å². The van der Waals surface area contributed by atoms with Gasteiger partial charge >= 0.3 is 5.97 Å². The lowest BCUT2D eigenvalue weighted by atomic mass is 10.0. The molecule has 0 radical (unpaired) electrons. The van der Waals surface area contributed by atoms with Gasteiger partial charge in [-0.1, -0.05) is 12.1 Å². The SMILES string of the molecule is CCOC(=O)c1[nH]c2c(C3CC3)[nH]nc2c1-c1ccc(F)cc1. The fraction of sp³-hybridized carbons (Fsp3) is 0.294. The van der Waals surface area contributed by atoms with E-state index in [0.717, 1.165) is 29.6 Å². The molecule has 3 aromatic rings. The number of fused-ring (bicyclic) bond motifs is 1. The van der Waals surface area contributed by atoms with Gasteiger partial charge in [0.1, 0.15) is 17.0 Å². The number of ether oxygens (including phenoxy) is 1. The van der Waals surface area contributed by atoms with E-state index in [1.807, 2.05) is 0 Å². The molecule has 2 N–H and O–H groups in total. The second-order valence-corrected chi connectivity index (χ2v) is 5.74. The number of halogens is 1. The van der Waals surface area contributed by atoms with Crippen LogP contribution in [0.4, 0.5) is 4.39 Å². The minimum atomic E-state index is -0.424. The van der Waals surface area contributed by atoms with Crippen molar-refractivity contribution in [3.63, 3.8) is 0 Å². The molecule has 0 bridgehead atoms. The summed E-state index contributed by atoms with van der Waals surface area (Å²) in [6, 6.07) is 6.04. The zero-order valence-corrected chi connectivity index (χ0v) is 12.6. The molecule has 1 saturated carbocycles. The number of hydrogen-bond donors (Lipinski definition) is 2.